The van der Waals surface area contributed by atoms with Crippen molar-refractivity contribution in [2.24, 2.45) is 0 Å². The Morgan fingerprint density at radius 1 is 1.00 bits per heavy atom. The number of benzene rings is 1. The third-order valence-corrected chi connectivity index (χ3v) is 4.78. The van der Waals surface area contributed by atoms with Crippen LogP contribution in [0, 0.1) is 0 Å². The van der Waals surface area contributed by atoms with Crippen molar-refractivity contribution in [1.82, 2.24) is 14.8 Å². The highest BCUT2D eigenvalue weighted by Crippen LogP contribution is 2.34. The van der Waals surface area contributed by atoms with Crippen LogP contribution in [0.25, 0.3) is 16.7 Å². The number of pyridine rings is 1. The Morgan fingerprint density at radius 3 is 2.37 bits per heavy atom. The van der Waals surface area contributed by atoms with Crippen molar-refractivity contribution in [3.8, 4) is 11.4 Å². The molecule has 1 aliphatic heterocycles. The van der Waals surface area contributed by atoms with Gasteiger partial charge >= 0.3 is 6.36 Å². The lowest BCUT2D eigenvalue weighted by Crippen LogP contribution is -2.30. The fourth-order valence-corrected chi connectivity index (χ4v) is 3.51. The Morgan fingerprint density at radius 2 is 1.70 bits per heavy atom. The first-order valence-corrected chi connectivity index (χ1v) is 8.94. The van der Waals surface area contributed by atoms with E-state index in [1.165, 1.54) is 30.7 Å². The highest BCUT2D eigenvalue weighted by atomic mass is 35.5. The summed E-state index contributed by atoms with van der Waals surface area (Å²) in [6, 6.07) is 7.23. The van der Waals surface area contributed by atoms with E-state index in [4.69, 9.17) is 11.6 Å². The van der Waals surface area contributed by atoms with Gasteiger partial charge in [0, 0.05) is 19.3 Å². The number of anilines is 1. The van der Waals surface area contributed by atoms with Crippen molar-refractivity contribution in [3.05, 3.63) is 41.6 Å². The molecule has 1 fully saturated rings. The molecular formula is C18H16ClF3N4O. The van der Waals surface area contributed by atoms with Gasteiger partial charge in [0.05, 0.1) is 16.1 Å². The lowest BCUT2D eigenvalue weighted by atomic mass is 10.1. The lowest BCUT2D eigenvalue weighted by Gasteiger charge is -2.26. The standard InChI is InChI=1S/C18H16ClF3N4O/c19-14-8-9-23-16-15(14)17(25-10-2-1-3-11-25)24-26(16)12-4-6-13(7-5-12)27-18(20,21)22/h4-9H,1-3,10-11H2. The smallest absolute Gasteiger partial charge is 0.406 e. The van der Waals surface area contributed by atoms with Gasteiger partial charge < -0.3 is 9.64 Å². The molecule has 0 spiro atoms. The van der Waals surface area contributed by atoms with Crippen LogP contribution in [0.5, 0.6) is 5.75 Å². The van der Waals surface area contributed by atoms with E-state index in [0.717, 1.165) is 37.1 Å². The van der Waals surface area contributed by atoms with Crippen LogP contribution in [0.4, 0.5) is 19.0 Å². The number of aromatic nitrogens is 3. The highest BCUT2D eigenvalue weighted by molar-refractivity contribution is 6.36. The zero-order chi connectivity index (χ0) is 19.0. The summed E-state index contributed by atoms with van der Waals surface area (Å²) in [5.74, 6) is 0.461. The van der Waals surface area contributed by atoms with Gasteiger partial charge in [0.2, 0.25) is 0 Å². The number of hydrogen-bond acceptors (Lipinski definition) is 4. The molecule has 0 atom stereocenters. The molecule has 1 saturated heterocycles. The summed E-state index contributed by atoms with van der Waals surface area (Å²) in [4.78, 5) is 6.57. The predicted octanol–water partition coefficient (Wildman–Crippen LogP) is 4.96. The van der Waals surface area contributed by atoms with Gasteiger partial charge in [-0.05, 0) is 49.6 Å². The molecule has 2 aromatic heterocycles. The summed E-state index contributed by atoms with van der Waals surface area (Å²) in [7, 11) is 0. The van der Waals surface area contributed by atoms with Gasteiger partial charge in [0.15, 0.2) is 11.5 Å². The van der Waals surface area contributed by atoms with Crippen molar-refractivity contribution < 1.29 is 17.9 Å². The molecule has 1 aromatic carbocycles. The summed E-state index contributed by atoms with van der Waals surface area (Å²) in [6.07, 6.45) is 0.202. The van der Waals surface area contributed by atoms with Crippen LogP contribution in [0.1, 0.15) is 19.3 Å². The molecule has 0 aliphatic carbocycles. The fraction of sp³-hybridized carbons (Fsp3) is 0.333. The lowest BCUT2D eigenvalue weighted by molar-refractivity contribution is -0.274. The fourth-order valence-electron chi connectivity index (χ4n) is 3.28. The number of ether oxygens (including phenoxy) is 1. The number of halogens is 4. The molecule has 9 heteroatoms. The largest absolute Gasteiger partial charge is 0.573 e. The predicted molar refractivity (Wildman–Crippen MR) is 96.6 cm³/mol. The maximum atomic E-state index is 12.4. The minimum Gasteiger partial charge on any atom is -0.406 e. The summed E-state index contributed by atoms with van der Waals surface area (Å²) in [6.45, 7) is 1.77. The van der Waals surface area contributed by atoms with Crippen LogP contribution in [0.15, 0.2) is 36.5 Å². The first-order chi connectivity index (χ1) is 12.9. The number of nitrogens with zero attached hydrogens (tertiary/aromatic N) is 4. The van der Waals surface area contributed by atoms with Gasteiger partial charge in [-0.2, -0.15) is 0 Å². The van der Waals surface area contributed by atoms with Crippen LogP contribution in [-0.2, 0) is 0 Å². The van der Waals surface area contributed by atoms with Crippen molar-refractivity contribution in [1.29, 1.82) is 0 Å². The Bertz CT molecular complexity index is 950. The summed E-state index contributed by atoms with van der Waals surface area (Å²) in [5, 5.41) is 5.97. The van der Waals surface area contributed by atoms with Gasteiger partial charge in [0.1, 0.15) is 5.75 Å². The quantitative estimate of drug-likeness (QED) is 0.627. The van der Waals surface area contributed by atoms with Gasteiger partial charge in [-0.3, -0.25) is 0 Å². The molecule has 0 radical (unpaired) electrons. The van der Waals surface area contributed by atoms with E-state index in [1.54, 1.807) is 16.9 Å². The van der Waals surface area contributed by atoms with Crippen molar-refractivity contribution >= 4 is 28.5 Å². The van der Waals surface area contributed by atoms with Crippen molar-refractivity contribution in [2.45, 2.75) is 25.6 Å². The summed E-state index contributed by atoms with van der Waals surface area (Å²) < 4.78 is 42.6. The Labute approximate surface area is 158 Å². The SMILES string of the molecule is FC(F)(F)Oc1ccc(-n2nc(N3CCCCC3)c3c(Cl)ccnc32)cc1. The second-order valence-electron chi connectivity index (χ2n) is 6.32. The van der Waals surface area contributed by atoms with Crippen LogP contribution < -0.4 is 9.64 Å². The van der Waals surface area contributed by atoms with Crippen molar-refractivity contribution in [3.63, 3.8) is 0 Å². The van der Waals surface area contributed by atoms with E-state index < -0.39 is 6.36 Å². The maximum Gasteiger partial charge on any atom is 0.573 e. The average Bonchev–Trinajstić information content (AvgIpc) is 3.03. The van der Waals surface area contributed by atoms with E-state index in [1.807, 2.05) is 0 Å². The molecule has 27 heavy (non-hydrogen) atoms. The normalized spacial score (nSPS) is 15.3. The molecule has 0 amide bonds. The molecule has 4 rings (SSSR count). The molecule has 1 aliphatic rings. The zero-order valence-electron chi connectivity index (χ0n) is 14.2. The van der Waals surface area contributed by atoms with Gasteiger partial charge in [-0.15, -0.1) is 18.3 Å². The first kappa shape index (κ1) is 17.9. The maximum absolute atomic E-state index is 12.4. The Hall–Kier alpha value is -2.48. The van der Waals surface area contributed by atoms with Crippen LogP contribution >= 0.6 is 11.6 Å². The molecule has 142 valence electrons. The zero-order valence-corrected chi connectivity index (χ0v) is 15.0. The average molecular weight is 397 g/mol. The molecule has 0 saturated carbocycles. The van der Waals surface area contributed by atoms with Gasteiger partial charge in [0.25, 0.3) is 0 Å². The third kappa shape index (κ3) is 3.66. The van der Waals surface area contributed by atoms with Crippen molar-refractivity contribution in [2.75, 3.05) is 18.0 Å². The molecular weight excluding hydrogens is 381 g/mol. The summed E-state index contributed by atoms with van der Waals surface area (Å²) in [5.41, 5.74) is 1.14. The van der Waals surface area contributed by atoms with E-state index in [-0.39, 0.29) is 5.75 Å². The third-order valence-electron chi connectivity index (χ3n) is 4.47. The first-order valence-electron chi connectivity index (χ1n) is 8.57. The second-order valence-corrected chi connectivity index (χ2v) is 6.72. The Kier molecular flexibility index (Phi) is 4.59. The van der Waals surface area contributed by atoms with E-state index in [2.05, 4.69) is 19.7 Å². The van der Waals surface area contributed by atoms with E-state index in [0.29, 0.717) is 16.4 Å². The molecule has 0 unspecified atom stereocenters. The monoisotopic (exact) mass is 396 g/mol. The van der Waals surface area contributed by atoms with Gasteiger partial charge in [-0.25, -0.2) is 9.67 Å². The number of fused-ring (bicyclic) bond motifs is 1. The minimum absolute atomic E-state index is 0.287. The molecule has 5 nitrogen and oxygen atoms in total. The molecule has 3 aromatic rings. The molecule has 0 bridgehead atoms. The van der Waals surface area contributed by atoms with E-state index >= 15 is 0 Å². The van der Waals surface area contributed by atoms with Gasteiger partial charge in [-0.1, -0.05) is 11.6 Å². The van der Waals surface area contributed by atoms with Crippen LogP contribution in [0.2, 0.25) is 5.02 Å². The number of rotatable bonds is 3. The van der Waals surface area contributed by atoms with Crippen LogP contribution in [-0.4, -0.2) is 34.2 Å². The number of piperidine rings is 1. The highest BCUT2D eigenvalue weighted by Gasteiger charge is 2.31. The van der Waals surface area contributed by atoms with Crippen LogP contribution in [0.3, 0.4) is 0 Å². The van der Waals surface area contributed by atoms with E-state index in [9.17, 15) is 13.2 Å². The second kappa shape index (κ2) is 6.92. The molecule has 0 N–H and O–H groups in total. The minimum atomic E-state index is -4.73. The summed E-state index contributed by atoms with van der Waals surface area (Å²) >= 11 is 6.42. The Balaban J connectivity index is 1.77. The topological polar surface area (TPSA) is 43.2 Å². The number of hydrogen-bond donors (Lipinski definition) is 0. The number of alkyl halides is 3. The molecule has 3 heterocycles.